The molecular weight excluding hydrogens is 372 g/mol. The Bertz CT molecular complexity index is 1030. The second-order valence-corrected chi connectivity index (χ2v) is 6.99. The second-order valence-electron chi connectivity index (χ2n) is 5.54. The van der Waals surface area contributed by atoms with E-state index < -0.39 is 0 Å². The summed E-state index contributed by atoms with van der Waals surface area (Å²) < 4.78 is 2.42. The van der Waals surface area contributed by atoms with Crippen LogP contribution in [0.15, 0.2) is 55.4 Å². The zero-order chi connectivity index (χ0) is 17.9. The fourth-order valence-corrected chi connectivity index (χ4v) is 3.73. The van der Waals surface area contributed by atoms with Crippen molar-refractivity contribution in [3.63, 3.8) is 0 Å². The minimum Gasteiger partial charge on any atom is -0.282 e. The van der Waals surface area contributed by atoms with Gasteiger partial charge in [0, 0.05) is 17.4 Å². The van der Waals surface area contributed by atoms with Gasteiger partial charge < -0.3 is 0 Å². The highest BCUT2D eigenvalue weighted by molar-refractivity contribution is 7.22. The maximum Gasteiger partial charge on any atom is 0.250 e. The fraction of sp³-hybridized carbons (Fsp3) is 0.118. The van der Waals surface area contributed by atoms with E-state index in [1.54, 1.807) is 23.4 Å². The molecule has 0 saturated heterocycles. The maximum absolute atomic E-state index is 12.9. The first kappa shape index (κ1) is 16.6. The highest BCUT2D eigenvalue weighted by atomic mass is 35.5. The lowest BCUT2D eigenvalue weighted by atomic mass is 10.2. The van der Waals surface area contributed by atoms with Gasteiger partial charge in [-0.05, 0) is 29.8 Å². The topological polar surface area (TPSA) is 76.8 Å². The molecule has 0 fully saturated rings. The summed E-state index contributed by atoms with van der Waals surface area (Å²) in [5.74, 6) is -0.135. The third-order valence-corrected chi connectivity index (χ3v) is 4.97. The number of amides is 1. The summed E-state index contributed by atoms with van der Waals surface area (Å²) in [6.07, 6.45) is 6.35. The number of nitrogens with zero attached hydrogens (tertiary/aromatic N) is 6. The lowest BCUT2D eigenvalue weighted by Crippen LogP contribution is -2.33. The van der Waals surface area contributed by atoms with Crippen LogP contribution in [0.5, 0.6) is 0 Å². The number of carbonyl (C=O) groups is 1. The van der Waals surface area contributed by atoms with Crippen molar-refractivity contribution in [3.05, 3.63) is 66.0 Å². The van der Waals surface area contributed by atoms with Crippen LogP contribution in [0, 0.1) is 0 Å². The standard InChI is InChI=1S/C17H13ClN6OS/c18-13-3-4-14-15(6-13)26-17(22-14)24(8-12-2-1-5-19-7-12)16(25)9-23-11-20-10-21-23/h1-7,10-11H,8-9H2. The lowest BCUT2D eigenvalue weighted by molar-refractivity contribution is -0.119. The number of carbonyl (C=O) groups excluding carboxylic acids is 1. The normalized spacial score (nSPS) is 11.0. The molecule has 0 N–H and O–H groups in total. The van der Waals surface area contributed by atoms with Crippen LogP contribution >= 0.6 is 22.9 Å². The van der Waals surface area contributed by atoms with Gasteiger partial charge in [-0.2, -0.15) is 5.10 Å². The van der Waals surface area contributed by atoms with Gasteiger partial charge >= 0.3 is 0 Å². The second kappa shape index (κ2) is 7.19. The largest absolute Gasteiger partial charge is 0.282 e. The predicted octanol–water partition coefficient (Wildman–Crippen LogP) is 3.17. The third-order valence-electron chi connectivity index (χ3n) is 3.70. The molecule has 0 spiro atoms. The van der Waals surface area contributed by atoms with E-state index in [1.807, 2.05) is 24.3 Å². The number of aromatic nitrogens is 5. The molecule has 0 aliphatic rings. The third kappa shape index (κ3) is 3.56. The van der Waals surface area contributed by atoms with E-state index >= 15 is 0 Å². The Morgan fingerprint density at radius 3 is 2.96 bits per heavy atom. The van der Waals surface area contributed by atoms with Crippen LogP contribution in [-0.2, 0) is 17.9 Å². The van der Waals surface area contributed by atoms with Crippen molar-refractivity contribution in [3.8, 4) is 0 Å². The first-order chi connectivity index (χ1) is 12.7. The first-order valence-electron chi connectivity index (χ1n) is 7.77. The molecule has 0 unspecified atom stereocenters. The SMILES string of the molecule is O=C(Cn1cncn1)N(Cc1cccnc1)c1nc2ccc(Cl)cc2s1. The maximum atomic E-state index is 12.9. The van der Waals surface area contributed by atoms with Gasteiger partial charge in [0.1, 0.15) is 19.2 Å². The minimum absolute atomic E-state index is 0.0803. The average molecular weight is 385 g/mol. The monoisotopic (exact) mass is 384 g/mol. The van der Waals surface area contributed by atoms with Crippen molar-refractivity contribution in [2.75, 3.05) is 4.90 Å². The van der Waals surface area contributed by atoms with Crippen molar-refractivity contribution in [1.82, 2.24) is 24.7 Å². The van der Waals surface area contributed by atoms with Crippen LogP contribution in [0.1, 0.15) is 5.56 Å². The van der Waals surface area contributed by atoms with E-state index in [1.165, 1.54) is 28.7 Å². The smallest absolute Gasteiger partial charge is 0.250 e. The van der Waals surface area contributed by atoms with E-state index in [0.717, 1.165) is 15.8 Å². The average Bonchev–Trinajstić information content (AvgIpc) is 3.29. The highest BCUT2D eigenvalue weighted by Gasteiger charge is 2.21. The summed E-state index contributed by atoms with van der Waals surface area (Å²) in [5.41, 5.74) is 1.72. The molecule has 26 heavy (non-hydrogen) atoms. The van der Waals surface area contributed by atoms with Crippen LogP contribution in [0.2, 0.25) is 5.02 Å². The molecule has 0 aliphatic heterocycles. The van der Waals surface area contributed by atoms with Gasteiger partial charge in [0.2, 0.25) is 0 Å². The van der Waals surface area contributed by atoms with Gasteiger partial charge in [0.15, 0.2) is 5.13 Å². The lowest BCUT2D eigenvalue weighted by Gasteiger charge is -2.19. The molecule has 1 aromatic carbocycles. The van der Waals surface area contributed by atoms with Gasteiger partial charge in [0.25, 0.3) is 5.91 Å². The van der Waals surface area contributed by atoms with Gasteiger partial charge in [-0.25, -0.2) is 14.6 Å². The van der Waals surface area contributed by atoms with Gasteiger partial charge in [-0.3, -0.25) is 14.7 Å². The molecular formula is C17H13ClN6OS. The summed E-state index contributed by atoms with van der Waals surface area (Å²) in [5, 5.41) is 5.25. The summed E-state index contributed by atoms with van der Waals surface area (Å²) in [4.78, 5) is 27.2. The zero-order valence-corrected chi connectivity index (χ0v) is 15.1. The zero-order valence-electron chi connectivity index (χ0n) is 13.5. The molecule has 0 atom stereocenters. The summed E-state index contributed by atoms with van der Waals surface area (Å²) >= 11 is 7.49. The minimum atomic E-state index is -0.135. The van der Waals surface area contributed by atoms with Crippen LogP contribution < -0.4 is 4.90 Å². The van der Waals surface area contributed by atoms with Gasteiger partial charge in [-0.1, -0.05) is 29.0 Å². The van der Waals surface area contributed by atoms with Crippen molar-refractivity contribution >= 4 is 44.2 Å². The number of rotatable bonds is 5. The Balaban J connectivity index is 1.69. The molecule has 0 saturated carbocycles. The molecule has 0 bridgehead atoms. The molecule has 3 aromatic heterocycles. The van der Waals surface area contributed by atoms with Crippen molar-refractivity contribution in [2.45, 2.75) is 13.1 Å². The molecule has 1 amide bonds. The quantitative estimate of drug-likeness (QED) is 0.528. The van der Waals surface area contributed by atoms with E-state index in [-0.39, 0.29) is 12.5 Å². The Morgan fingerprint density at radius 1 is 1.27 bits per heavy atom. The fourth-order valence-electron chi connectivity index (χ4n) is 2.48. The molecule has 9 heteroatoms. The van der Waals surface area contributed by atoms with Crippen LogP contribution in [0.4, 0.5) is 5.13 Å². The Hall–Kier alpha value is -2.84. The molecule has 4 rings (SSSR count). The van der Waals surface area contributed by atoms with E-state index in [0.29, 0.717) is 16.7 Å². The van der Waals surface area contributed by atoms with E-state index in [9.17, 15) is 4.79 Å². The van der Waals surface area contributed by atoms with Crippen molar-refractivity contribution < 1.29 is 4.79 Å². The van der Waals surface area contributed by atoms with Crippen molar-refractivity contribution in [2.24, 2.45) is 0 Å². The van der Waals surface area contributed by atoms with E-state index in [4.69, 9.17) is 11.6 Å². The molecule has 130 valence electrons. The first-order valence-corrected chi connectivity index (χ1v) is 8.96. The summed E-state index contributed by atoms with van der Waals surface area (Å²) in [6, 6.07) is 9.25. The van der Waals surface area contributed by atoms with Crippen molar-refractivity contribution in [1.29, 1.82) is 0 Å². The van der Waals surface area contributed by atoms with Crippen LogP contribution in [-0.4, -0.2) is 30.6 Å². The summed E-state index contributed by atoms with van der Waals surface area (Å²) in [7, 11) is 0. The molecule has 0 radical (unpaired) electrons. The molecule has 4 aromatic rings. The highest BCUT2D eigenvalue weighted by Crippen LogP contribution is 2.31. The summed E-state index contributed by atoms with van der Waals surface area (Å²) in [6.45, 7) is 0.450. The van der Waals surface area contributed by atoms with E-state index in [2.05, 4.69) is 20.1 Å². The molecule has 7 nitrogen and oxygen atoms in total. The Kier molecular flexibility index (Phi) is 4.59. The molecule has 0 aliphatic carbocycles. The van der Waals surface area contributed by atoms with Crippen LogP contribution in [0.25, 0.3) is 10.2 Å². The number of hydrogen-bond acceptors (Lipinski definition) is 6. The number of thiazole rings is 1. The van der Waals surface area contributed by atoms with Gasteiger partial charge in [0.05, 0.1) is 16.8 Å². The molecule has 3 heterocycles. The number of halogens is 1. The number of benzene rings is 1. The number of anilines is 1. The van der Waals surface area contributed by atoms with Gasteiger partial charge in [-0.15, -0.1) is 0 Å². The Labute approximate surface area is 157 Å². The number of pyridine rings is 1. The predicted molar refractivity (Wildman–Crippen MR) is 100 cm³/mol. The van der Waals surface area contributed by atoms with Crippen LogP contribution in [0.3, 0.4) is 0 Å². The Morgan fingerprint density at radius 2 is 2.19 bits per heavy atom. The number of fused-ring (bicyclic) bond motifs is 1. The number of hydrogen-bond donors (Lipinski definition) is 0.